The fourth-order valence-electron chi connectivity index (χ4n) is 2.21. The Hall–Kier alpha value is -1.98. The van der Waals surface area contributed by atoms with Gasteiger partial charge in [-0.15, -0.1) is 0 Å². The number of hydrogen-bond donors (Lipinski definition) is 1. The van der Waals surface area contributed by atoms with Crippen LogP contribution in [0.1, 0.15) is 32.4 Å². The van der Waals surface area contributed by atoms with E-state index >= 15 is 0 Å². The van der Waals surface area contributed by atoms with Crippen molar-refractivity contribution in [3.63, 3.8) is 0 Å². The van der Waals surface area contributed by atoms with Crippen LogP contribution in [0.4, 0.5) is 0 Å². The molecule has 1 saturated heterocycles. The Morgan fingerprint density at radius 2 is 1.96 bits per heavy atom. The van der Waals surface area contributed by atoms with Crippen molar-refractivity contribution >= 4 is 17.6 Å². The molecule has 3 rings (SSSR count). The average molecular weight is 346 g/mol. The molecule has 126 valence electrons. The zero-order valence-electron chi connectivity index (χ0n) is 14.0. The molecule has 0 saturated carbocycles. The maximum absolute atomic E-state index is 12.2. The molecule has 6 heteroatoms. The summed E-state index contributed by atoms with van der Waals surface area (Å²) < 4.78 is 5.49. The quantitative estimate of drug-likeness (QED) is 0.863. The summed E-state index contributed by atoms with van der Waals surface area (Å²) in [6.07, 6.45) is 0. The fraction of sp³-hybridized carbons (Fsp3) is 0.389. The highest BCUT2D eigenvalue weighted by atomic mass is 35.5. The lowest BCUT2D eigenvalue weighted by atomic mass is 9.97. The van der Waals surface area contributed by atoms with Crippen molar-refractivity contribution in [2.24, 2.45) is 5.41 Å². The van der Waals surface area contributed by atoms with Crippen LogP contribution in [0, 0.1) is 5.41 Å². The third kappa shape index (κ3) is 3.57. The predicted octanol–water partition coefficient (Wildman–Crippen LogP) is 3.44. The number of carbonyl (C=O) groups is 1. The molecule has 0 aliphatic carbocycles. The van der Waals surface area contributed by atoms with Gasteiger partial charge in [-0.05, 0) is 32.9 Å². The second-order valence-corrected chi connectivity index (χ2v) is 7.34. The normalized spacial score (nSPS) is 15.0. The van der Waals surface area contributed by atoms with Crippen LogP contribution in [0.3, 0.4) is 0 Å². The first-order chi connectivity index (χ1) is 11.3. The molecule has 1 aromatic heterocycles. The standard InChI is InChI=1S/C18H20ClN3O2/c1-18(2,3)17(23)24-15-8-14(11-9-20-10-11)21-16(22-15)12-6-4-5-7-13(12)19/h4-8,11,20H,9-10H2,1-3H3. The van der Waals surface area contributed by atoms with E-state index in [9.17, 15) is 4.79 Å². The fourth-order valence-corrected chi connectivity index (χ4v) is 2.43. The molecule has 0 spiro atoms. The van der Waals surface area contributed by atoms with Crippen LogP contribution in [-0.4, -0.2) is 29.0 Å². The molecule has 1 aliphatic rings. The van der Waals surface area contributed by atoms with Gasteiger partial charge < -0.3 is 10.1 Å². The second-order valence-electron chi connectivity index (χ2n) is 6.93. The van der Waals surface area contributed by atoms with E-state index in [1.54, 1.807) is 12.1 Å². The molecule has 1 aliphatic heterocycles. The third-order valence-corrected chi connectivity index (χ3v) is 4.18. The van der Waals surface area contributed by atoms with Gasteiger partial charge in [-0.3, -0.25) is 4.79 Å². The number of ether oxygens (including phenoxy) is 1. The molecule has 2 heterocycles. The smallest absolute Gasteiger partial charge is 0.317 e. The summed E-state index contributed by atoms with van der Waals surface area (Å²) in [6, 6.07) is 9.12. The van der Waals surface area contributed by atoms with Crippen molar-refractivity contribution in [3.8, 4) is 17.3 Å². The monoisotopic (exact) mass is 345 g/mol. The summed E-state index contributed by atoms with van der Waals surface area (Å²) in [4.78, 5) is 21.2. The Labute approximate surface area is 146 Å². The molecule has 0 unspecified atom stereocenters. The molecule has 0 atom stereocenters. The molecular weight excluding hydrogens is 326 g/mol. The van der Waals surface area contributed by atoms with E-state index in [0.29, 0.717) is 16.8 Å². The van der Waals surface area contributed by atoms with E-state index in [1.807, 2.05) is 39.0 Å². The predicted molar refractivity (Wildman–Crippen MR) is 93.2 cm³/mol. The van der Waals surface area contributed by atoms with Gasteiger partial charge in [0.05, 0.1) is 16.1 Å². The highest BCUT2D eigenvalue weighted by Gasteiger charge is 2.27. The Kier molecular flexibility index (Phi) is 4.56. The molecular formula is C18H20ClN3O2. The highest BCUT2D eigenvalue weighted by molar-refractivity contribution is 6.33. The van der Waals surface area contributed by atoms with E-state index in [0.717, 1.165) is 24.3 Å². The molecule has 0 radical (unpaired) electrons. The number of aromatic nitrogens is 2. The number of nitrogens with one attached hydrogen (secondary N) is 1. The molecule has 0 amide bonds. The maximum atomic E-state index is 12.2. The summed E-state index contributed by atoms with van der Waals surface area (Å²) >= 11 is 6.27. The summed E-state index contributed by atoms with van der Waals surface area (Å²) in [6.45, 7) is 7.13. The third-order valence-electron chi connectivity index (χ3n) is 3.85. The lowest BCUT2D eigenvalue weighted by molar-refractivity contribution is -0.143. The number of nitrogens with zero attached hydrogens (tertiary/aromatic N) is 2. The van der Waals surface area contributed by atoms with Gasteiger partial charge in [-0.25, -0.2) is 4.98 Å². The molecule has 5 nitrogen and oxygen atoms in total. The van der Waals surface area contributed by atoms with Gasteiger partial charge in [-0.1, -0.05) is 23.7 Å². The van der Waals surface area contributed by atoms with E-state index in [-0.39, 0.29) is 11.8 Å². The maximum Gasteiger partial charge on any atom is 0.317 e. The van der Waals surface area contributed by atoms with Crippen molar-refractivity contribution < 1.29 is 9.53 Å². The van der Waals surface area contributed by atoms with Crippen LogP contribution in [0.5, 0.6) is 5.88 Å². The number of rotatable bonds is 3. The van der Waals surface area contributed by atoms with Crippen LogP contribution in [0.25, 0.3) is 11.4 Å². The zero-order chi connectivity index (χ0) is 17.3. The zero-order valence-corrected chi connectivity index (χ0v) is 14.7. The number of benzene rings is 1. The Morgan fingerprint density at radius 1 is 1.25 bits per heavy atom. The Balaban J connectivity index is 2.01. The van der Waals surface area contributed by atoms with Gasteiger partial charge in [0.2, 0.25) is 5.88 Å². The van der Waals surface area contributed by atoms with E-state index < -0.39 is 5.41 Å². The number of hydrogen-bond acceptors (Lipinski definition) is 5. The van der Waals surface area contributed by atoms with Gasteiger partial charge in [0.25, 0.3) is 0 Å². The van der Waals surface area contributed by atoms with Crippen molar-refractivity contribution in [2.75, 3.05) is 13.1 Å². The lowest BCUT2D eigenvalue weighted by Crippen LogP contribution is -2.40. The lowest BCUT2D eigenvalue weighted by Gasteiger charge is -2.27. The van der Waals surface area contributed by atoms with Crippen molar-refractivity contribution in [1.29, 1.82) is 0 Å². The molecule has 24 heavy (non-hydrogen) atoms. The van der Waals surface area contributed by atoms with Gasteiger partial charge >= 0.3 is 5.97 Å². The summed E-state index contributed by atoms with van der Waals surface area (Å²) in [7, 11) is 0. The largest absolute Gasteiger partial charge is 0.407 e. The minimum absolute atomic E-state index is 0.266. The number of esters is 1. The van der Waals surface area contributed by atoms with E-state index in [2.05, 4.69) is 15.3 Å². The molecule has 1 fully saturated rings. The highest BCUT2D eigenvalue weighted by Crippen LogP contribution is 2.30. The van der Waals surface area contributed by atoms with Crippen LogP contribution in [0.15, 0.2) is 30.3 Å². The van der Waals surface area contributed by atoms with Crippen molar-refractivity contribution in [1.82, 2.24) is 15.3 Å². The topological polar surface area (TPSA) is 64.1 Å². The minimum Gasteiger partial charge on any atom is -0.407 e. The first kappa shape index (κ1) is 16.9. The van der Waals surface area contributed by atoms with Gasteiger partial charge in [0.15, 0.2) is 5.82 Å². The summed E-state index contributed by atoms with van der Waals surface area (Å²) in [5.41, 5.74) is 0.977. The SMILES string of the molecule is CC(C)(C)C(=O)Oc1cc(C2CNC2)nc(-c2ccccc2Cl)n1. The average Bonchev–Trinajstić information content (AvgIpc) is 2.44. The van der Waals surface area contributed by atoms with Crippen molar-refractivity contribution in [3.05, 3.63) is 41.0 Å². The van der Waals surface area contributed by atoms with E-state index in [4.69, 9.17) is 16.3 Å². The van der Waals surface area contributed by atoms with E-state index in [1.165, 1.54) is 0 Å². The molecule has 1 aromatic carbocycles. The number of halogens is 1. The minimum atomic E-state index is -0.603. The van der Waals surface area contributed by atoms with Gasteiger partial charge in [0, 0.05) is 30.6 Å². The molecule has 0 bridgehead atoms. The van der Waals surface area contributed by atoms with Crippen LogP contribution in [0.2, 0.25) is 5.02 Å². The van der Waals surface area contributed by atoms with Crippen molar-refractivity contribution in [2.45, 2.75) is 26.7 Å². The molecule has 1 N–H and O–H groups in total. The Bertz CT molecular complexity index is 767. The summed E-state index contributed by atoms with van der Waals surface area (Å²) in [5, 5.41) is 3.78. The first-order valence-electron chi connectivity index (χ1n) is 7.91. The number of carbonyl (C=O) groups excluding carboxylic acids is 1. The van der Waals surface area contributed by atoms with Crippen LogP contribution < -0.4 is 10.1 Å². The Morgan fingerprint density at radius 3 is 2.54 bits per heavy atom. The first-order valence-corrected chi connectivity index (χ1v) is 8.29. The van der Waals surface area contributed by atoms with Gasteiger partial charge in [-0.2, -0.15) is 4.98 Å². The second kappa shape index (κ2) is 6.49. The van der Waals surface area contributed by atoms with Crippen LogP contribution >= 0.6 is 11.6 Å². The van der Waals surface area contributed by atoms with Crippen LogP contribution in [-0.2, 0) is 4.79 Å². The molecule has 2 aromatic rings. The summed E-state index contributed by atoms with van der Waals surface area (Å²) in [5.74, 6) is 0.703. The van der Waals surface area contributed by atoms with Gasteiger partial charge in [0.1, 0.15) is 0 Å².